The molecule has 0 aliphatic carbocycles. The molecule has 1 saturated heterocycles. The zero-order valence-corrected chi connectivity index (χ0v) is 17.9. The number of nitrogens with zero attached hydrogens (tertiary/aromatic N) is 2. The minimum absolute atomic E-state index is 0.411. The van der Waals surface area contributed by atoms with Crippen LogP contribution in [0.2, 0.25) is 5.02 Å². The van der Waals surface area contributed by atoms with Gasteiger partial charge < -0.3 is 25.0 Å². The van der Waals surface area contributed by atoms with E-state index in [1.807, 2.05) is 24.3 Å². The minimum Gasteiger partial charge on any atom is -0.486 e. The first kappa shape index (κ1) is 21.3. The second-order valence-corrected chi connectivity index (χ2v) is 7.81. The molecule has 4 rings (SSSR count). The maximum absolute atomic E-state index is 12.2. The molecule has 2 heterocycles. The van der Waals surface area contributed by atoms with Crippen LogP contribution in [0.15, 0.2) is 42.5 Å². The lowest BCUT2D eigenvalue weighted by molar-refractivity contribution is -0.136. The van der Waals surface area contributed by atoms with Crippen molar-refractivity contribution in [3.63, 3.8) is 0 Å². The number of hydrogen-bond acceptors (Lipinski definition) is 6. The van der Waals surface area contributed by atoms with E-state index >= 15 is 0 Å². The number of halogens is 1. The van der Waals surface area contributed by atoms with Crippen LogP contribution in [-0.4, -0.2) is 69.2 Å². The molecule has 2 aromatic carbocycles. The van der Waals surface area contributed by atoms with Crippen molar-refractivity contribution in [3.05, 3.63) is 47.5 Å². The molecule has 2 aliphatic rings. The molecule has 0 unspecified atom stereocenters. The SMILES string of the molecule is O=C(NCCN1CCN(c2ccc(Cl)cc2)CC1)C(=O)Nc1ccc2c(c1)OCCO2. The van der Waals surface area contributed by atoms with Crippen LogP contribution in [0.1, 0.15) is 0 Å². The van der Waals surface area contributed by atoms with Gasteiger partial charge in [0.25, 0.3) is 0 Å². The van der Waals surface area contributed by atoms with Gasteiger partial charge in [0.05, 0.1) is 0 Å². The average molecular weight is 445 g/mol. The van der Waals surface area contributed by atoms with Gasteiger partial charge in [-0.3, -0.25) is 14.5 Å². The first-order valence-corrected chi connectivity index (χ1v) is 10.7. The quantitative estimate of drug-likeness (QED) is 0.686. The van der Waals surface area contributed by atoms with E-state index in [0.29, 0.717) is 43.5 Å². The topological polar surface area (TPSA) is 83.1 Å². The highest BCUT2D eigenvalue weighted by atomic mass is 35.5. The average Bonchev–Trinajstić information content (AvgIpc) is 2.80. The lowest BCUT2D eigenvalue weighted by Gasteiger charge is -2.36. The van der Waals surface area contributed by atoms with Gasteiger partial charge >= 0.3 is 11.8 Å². The molecule has 2 N–H and O–H groups in total. The van der Waals surface area contributed by atoms with Gasteiger partial charge in [0.1, 0.15) is 13.2 Å². The van der Waals surface area contributed by atoms with Crippen molar-refractivity contribution in [1.29, 1.82) is 0 Å². The number of benzene rings is 2. The number of nitrogens with one attached hydrogen (secondary N) is 2. The number of amides is 2. The molecule has 9 heteroatoms. The highest BCUT2D eigenvalue weighted by Crippen LogP contribution is 2.32. The zero-order chi connectivity index (χ0) is 21.6. The molecule has 0 aromatic heterocycles. The van der Waals surface area contributed by atoms with E-state index in [1.54, 1.807) is 18.2 Å². The first-order chi connectivity index (χ1) is 15.1. The first-order valence-electron chi connectivity index (χ1n) is 10.3. The Morgan fingerprint density at radius 1 is 0.903 bits per heavy atom. The summed E-state index contributed by atoms with van der Waals surface area (Å²) in [4.78, 5) is 28.9. The third-order valence-electron chi connectivity index (χ3n) is 5.28. The molecule has 8 nitrogen and oxygen atoms in total. The van der Waals surface area contributed by atoms with Gasteiger partial charge in [0.2, 0.25) is 0 Å². The smallest absolute Gasteiger partial charge is 0.313 e. The second kappa shape index (κ2) is 9.89. The van der Waals surface area contributed by atoms with E-state index in [0.717, 1.165) is 36.9 Å². The fraction of sp³-hybridized carbons (Fsp3) is 0.364. The Hall–Kier alpha value is -2.97. The van der Waals surface area contributed by atoms with E-state index in [1.165, 1.54) is 0 Å². The Balaban J connectivity index is 1.17. The third-order valence-corrected chi connectivity index (χ3v) is 5.54. The molecule has 2 aromatic rings. The van der Waals surface area contributed by atoms with Crippen molar-refractivity contribution in [2.45, 2.75) is 0 Å². The van der Waals surface area contributed by atoms with Crippen molar-refractivity contribution in [3.8, 4) is 11.5 Å². The van der Waals surface area contributed by atoms with E-state index in [4.69, 9.17) is 21.1 Å². The minimum atomic E-state index is -0.704. The molecular weight excluding hydrogens is 420 g/mol. The van der Waals surface area contributed by atoms with Crippen LogP contribution in [0.4, 0.5) is 11.4 Å². The fourth-order valence-electron chi connectivity index (χ4n) is 3.60. The lowest BCUT2D eigenvalue weighted by Crippen LogP contribution is -2.49. The zero-order valence-electron chi connectivity index (χ0n) is 17.1. The number of ether oxygens (including phenoxy) is 2. The van der Waals surface area contributed by atoms with Gasteiger partial charge in [-0.25, -0.2) is 0 Å². The van der Waals surface area contributed by atoms with Gasteiger partial charge in [-0.15, -0.1) is 0 Å². The van der Waals surface area contributed by atoms with Crippen LogP contribution in [0.3, 0.4) is 0 Å². The molecule has 0 saturated carbocycles. The number of carbonyl (C=O) groups is 2. The van der Waals surface area contributed by atoms with Gasteiger partial charge in [-0.05, 0) is 36.4 Å². The third kappa shape index (κ3) is 5.59. The summed E-state index contributed by atoms with van der Waals surface area (Å²) in [5, 5.41) is 6.01. The van der Waals surface area contributed by atoms with Crippen LogP contribution in [0.25, 0.3) is 0 Å². The second-order valence-electron chi connectivity index (χ2n) is 7.37. The van der Waals surface area contributed by atoms with Crippen molar-refractivity contribution < 1.29 is 19.1 Å². The number of fused-ring (bicyclic) bond motifs is 1. The Kier molecular flexibility index (Phi) is 6.79. The summed E-state index contributed by atoms with van der Waals surface area (Å²) >= 11 is 5.95. The van der Waals surface area contributed by atoms with Gasteiger partial charge in [0.15, 0.2) is 11.5 Å². The van der Waals surface area contributed by atoms with Crippen LogP contribution >= 0.6 is 11.6 Å². The molecule has 0 spiro atoms. The number of anilines is 2. The lowest BCUT2D eigenvalue weighted by atomic mass is 10.2. The largest absolute Gasteiger partial charge is 0.486 e. The molecule has 0 bridgehead atoms. The summed E-state index contributed by atoms with van der Waals surface area (Å²) in [6, 6.07) is 12.9. The molecular formula is C22H25ClN4O4. The van der Waals surface area contributed by atoms with E-state index in [2.05, 4.69) is 20.4 Å². The summed E-state index contributed by atoms with van der Waals surface area (Å²) < 4.78 is 10.9. The highest BCUT2D eigenvalue weighted by molar-refractivity contribution is 6.39. The maximum Gasteiger partial charge on any atom is 0.313 e. The molecule has 31 heavy (non-hydrogen) atoms. The number of rotatable bonds is 5. The maximum atomic E-state index is 12.2. The normalized spacial score (nSPS) is 16.0. The predicted octanol–water partition coefficient (Wildman–Crippen LogP) is 1.99. The van der Waals surface area contributed by atoms with Gasteiger partial charge in [0, 0.05) is 61.7 Å². The summed E-state index contributed by atoms with van der Waals surface area (Å²) in [5.41, 5.74) is 1.65. The molecule has 164 valence electrons. The van der Waals surface area contributed by atoms with Crippen molar-refractivity contribution in [2.75, 3.05) is 62.7 Å². The van der Waals surface area contributed by atoms with E-state index in [-0.39, 0.29) is 0 Å². The fourth-order valence-corrected chi connectivity index (χ4v) is 3.72. The van der Waals surface area contributed by atoms with Crippen molar-refractivity contribution >= 4 is 34.8 Å². The predicted molar refractivity (Wildman–Crippen MR) is 119 cm³/mol. The summed E-state index contributed by atoms with van der Waals surface area (Å²) in [5.74, 6) is -0.175. The molecule has 0 radical (unpaired) electrons. The van der Waals surface area contributed by atoms with Crippen LogP contribution in [0, 0.1) is 0 Å². The number of piperazine rings is 1. The highest BCUT2D eigenvalue weighted by Gasteiger charge is 2.19. The van der Waals surface area contributed by atoms with Crippen LogP contribution in [0.5, 0.6) is 11.5 Å². The van der Waals surface area contributed by atoms with Gasteiger partial charge in [-0.2, -0.15) is 0 Å². The standard InChI is InChI=1S/C22H25ClN4O4/c23-16-1-4-18(5-2-16)27-11-9-26(10-12-27)8-7-24-21(28)22(29)25-17-3-6-19-20(15-17)31-14-13-30-19/h1-6,15H,7-14H2,(H,24,28)(H,25,29). The Morgan fingerprint density at radius 3 is 2.35 bits per heavy atom. The Bertz CT molecular complexity index is 930. The number of hydrogen-bond donors (Lipinski definition) is 2. The summed E-state index contributed by atoms with van der Waals surface area (Å²) in [7, 11) is 0. The summed E-state index contributed by atoms with van der Waals surface area (Å²) in [6.07, 6.45) is 0. The monoisotopic (exact) mass is 444 g/mol. The Morgan fingerprint density at radius 2 is 1.61 bits per heavy atom. The molecule has 1 fully saturated rings. The van der Waals surface area contributed by atoms with Crippen LogP contribution < -0.4 is 25.0 Å². The number of carbonyl (C=O) groups excluding carboxylic acids is 2. The van der Waals surface area contributed by atoms with Crippen molar-refractivity contribution in [1.82, 2.24) is 10.2 Å². The molecule has 2 amide bonds. The Labute approximate surface area is 186 Å². The van der Waals surface area contributed by atoms with E-state index in [9.17, 15) is 9.59 Å². The summed E-state index contributed by atoms with van der Waals surface area (Å²) in [6.45, 7) is 5.64. The molecule has 2 aliphatic heterocycles. The van der Waals surface area contributed by atoms with Gasteiger partial charge in [-0.1, -0.05) is 11.6 Å². The molecule has 0 atom stereocenters. The van der Waals surface area contributed by atoms with Crippen LogP contribution in [-0.2, 0) is 9.59 Å². The van der Waals surface area contributed by atoms with Crippen molar-refractivity contribution in [2.24, 2.45) is 0 Å². The van der Waals surface area contributed by atoms with E-state index < -0.39 is 11.8 Å².